The number of nitrogens with zero attached hydrogens (tertiary/aromatic N) is 1. The lowest BCUT2D eigenvalue weighted by Crippen LogP contribution is -2.35. The Morgan fingerprint density at radius 2 is 1.80 bits per heavy atom. The van der Waals surface area contributed by atoms with Gasteiger partial charge in [0.2, 0.25) is 0 Å². The van der Waals surface area contributed by atoms with Gasteiger partial charge in [0.25, 0.3) is 5.91 Å². The summed E-state index contributed by atoms with van der Waals surface area (Å²) in [6.07, 6.45) is 0.952. The molecule has 1 atom stereocenters. The molecule has 0 fully saturated rings. The van der Waals surface area contributed by atoms with E-state index in [1.807, 2.05) is 18.7 Å². The molecule has 0 aliphatic carbocycles. The van der Waals surface area contributed by atoms with Crippen molar-refractivity contribution in [1.82, 2.24) is 4.90 Å². The molecular weight excluding hydrogens is 274 g/mol. The lowest BCUT2D eigenvalue weighted by atomic mass is 10.1. The van der Waals surface area contributed by atoms with Gasteiger partial charge in [-0.25, -0.2) is 4.79 Å². The van der Waals surface area contributed by atoms with E-state index < -0.39 is 5.97 Å². The number of rotatable bonds is 7. The lowest BCUT2D eigenvalue weighted by molar-refractivity contribution is 0.0693. The van der Waals surface area contributed by atoms with Crippen molar-refractivity contribution >= 4 is 23.6 Å². The van der Waals surface area contributed by atoms with Crippen molar-refractivity contribution in [1.29, 1.82) is 0 Å². The Balaban J connectivity index is 2.66. The summed E-state index contributed by atoms with van der Waals surface area (Å²) in [5, 5.41) is 8.83. The van der Waals surface area contributed by atoms with Gasteiger partial charge in [-0.15, -0.1) is 0 Å². The van der Waals surface area contributed by atoms with E-state index in [1.165, 1.54) is 12.1 Å². The van der Waals surface area contributed by atoms with Gasteiger partial charge in [-0.2, -0.15) is 11.8 Å². The van der Waals surface area contributed by atoms with Gasteiger partial charge in [-0.3, -0.25) is 4.79 Å². The SMILES string of the molecule is CCSCCC(C)N(C)C(=O)c1ccc(C(=O)O)cc1. The van der Waals surface area contributed by atoms with Crippen LogP contribution in [0.4, 0.5) is 0 Å². The van der Waals surface area contributed by atoms with E-state index in [0.29, 0.717) is 5.56 Å². The fourth-order valence-corrected chi connectivity index (χ4v) is 2.55. The van der Waals surface area contributed by atoms with Crippen molar-refractivity contribution < 1.29 is 14.7 Å². The first kappa shape index (κ1) is 16.6. The Kier molecular flexibility index (Phi) is 6.58. The minimum Gasteiger partial charge on any atom is -0.478 e. The summed E-state index contributed by atoms with van der Waals surface area (Å²) >= 11 is 1.86. The first-order chi connectivity index (χ1) is 9.47. The highest BCUT2D eigenvalue weighted by molar-refractivity contribution is 7.99. The molecule has 0 bridgehead atoms. The van der Waals surface area contributed by atoms with E-state index in [9.17, 15) is 9.59 Å². The molecule has 5 heteroatoms. The molecule has 0 aliphatic heterocycles. The van der Waals surface area contributed by atoms with Gasteiger partial charge >= 0.3 is 5.97 Å². The minimum absolute atomic E-state index is 0.0732. The zero-order valence-corrected chi connectivity index (χ0v) is 12.9. The summed E-state index contributed by atoms with van der Waals surface area (Å²) in [4.78, 5) is 24.8. The summed E-state index contributed by atoms with van der Waals surface area (Å²) in [6, 6.07) is 6.22. The van der Waals surface area contributed by atoms with Crippen LogP contribution in [0.5, 0.6) is 0 Å². The Hall–Kier alpha value is -1.49. The normalized spacial score (nSPS) is 11.9. The maximum Gasteiger partial charge on any atom is 0.335 e. The second-order valence-corrected chi connectivity index (χ2v) is 6.03. The predicted molar refractivity (Wildman–Crippen MR) is 82.6 cm³/mol. The largest absolute Gasteiger partial charge is 0.478 e. The molecule has 0 spiro atoms. The minimum atomic E-state index is -0.984. The number of hydrogen-bond donors (Lipinski definition) is 1. The molecule has 0 saturated carbocycles. The monoisotopic (exact) mass is 295 g/mol. The number of carboxylic acids is 1. The summed E-state index contributed by atoms with van der Waals surface area (Å²) in [5.74, 6) is 1.06. The molecule has 0 aromatic heterocycles. The molecule has 1 aromatic carbocycles. The highest BCUT2D eigenvalue weighted by atomic mass is 32.2. The van der Waals surface area contributed by atoms with Crippen LogP contribution in [-0.2, 0) is 0 Å². The Morgan fingerprint density at radius 1 is 1.25 bits per heavy atom. The van der Waals surface area contributed by atoms with Crippen molar-refractivity contribution in [2.24, 2.45) is 0 Å². The van der Waals surface area contributed by atoms with Crippen molar-refractivity contribution in [2.75, 3.05) is 18.6 Å². The fourth-order valence-electron chi connectivity index (χ4n) is 1.75. The van der Waals surface area contributed by atoms with Gasteiger partial charge in [-0.05, 0) is 49.1 Å². The summed E-state index contributed by atoms with van der Waals surface area (Å²) in [7, 11) is 1.79. The van der Waals surface area contributed by atoms with Crippen molar-refractivity contribution in [2.45, 2.75) is 26.3 Å². The molecule has 20 heavy (non-hydrogen) atoms. The van der Waals surface area contributed by atoms with Gasteiger partial charge in [0.15, 0.2) is 0 Å². The van der Waals surface area contributed by atoms with E-state index in [4.69, 9.17) is 5.11 Å². The molecule has 4 nitrogen and oxygen atoms in total. The molecule has 0 saturated heterocycles. The topological polar surface area (TPSA) is 57.6 Å². The average molecular weight is 295 g/mol. The number of carbonyl (C=O) groups excluding carboxylic acids is 1. The number of thioether (sulfide) groups is 1. The van der Waals surface area contributed by atoms with E-state index in [-0.39, 0.29) is 17.5 Å². The standard InChI is InChI=1S/C15H21NO3S/c1-4-20-10-9-11(2)16(3)14(17)12-5-7-13(8-6-12)15(18)19/h5-8,11H,4,9-10H2,1-3H3,(H,18,19). The van der Waals surface area contributed by atoms with Crippen LogP contribution in [-0.4, -0.2) is 46.5 Å². The maximum atomic E-state index is 12.3. The smallest absolute Gasteiger partial charge is 0.335 e. The van der Waals surface area contributed by atoms with Crippen LogP contribution in [0.15, 0.2) is 24.3 Å². The average Bonchev–Trinajstić information content (AvgIpc) is 2.46. The van der Waals surface area contributed by atoms with Gasteiger partial charge < -0.3 is 10.0 Å². The Labute approximate surface area is 124 Å². The molecule has 1 amide bonds. The highest BCUT2D eigenvalue weighted by Gasteiger charge is 2.17. The molecule has 110 valence electrons. The third-order valence-corrected chi connectivity index (χ3v) is 4.18. The van der Waals surface area contributed by atoms with Crippen LogP contribution in [0.1, 0.15) is 41.0 Å². The molecule has 1 N–H and O–H groups in total. The summed E-state index contributed by atoms with van der Waals surface area (Å²) in [6.45, 7) is 4.15. The molecule has 1 rings (SSSR count). The maximum absolute atomic E-state index is 12.3. The quantitative estimate of drug-likeness (QED) is 0.786. The van der Waals surface area contributed by atoms with Crippen molar-refractivity contribution in [3.63, 3.8) is 0 Å². The molecule has 0 heterocycles. The van der Waals surface area contributed by atoms with Crippen LogP contribution >= 0.6 is 11.8 Å². The van der Waals surface area contributed by atoms with Crippen LogP contribution in [0.25, 0.3) is 0 Å². The van der Waals surface area contributed by atoms with Crippen molar-refractivity contribution in [3.05, 3.63) is 35.4 Å². The molecule has 1 unspecified atom stereocenters. The molecule has 1 aromatic rings. The lowest BCUT2D eigenvalue weighted by Gasteiger charge is -2.25. The second kappa shape index (κ2) is 7.94. The number of carbonyl (C=O) groups is 2. The number of benzene rings is 1. The molecule has 0 radical (unpaired) electrons. The summed E-state index contributed by atoms with van der Waals surface area (Å²) < 4.78 is 0. The molecular formula is C15H21NO3S. The van der Waals surface area contributed by atoms with Gasteiger partial charge in [0, 0.05) is 18.7 Å². The number of amides is 1. The Morgan fingerprint density at radius 3 is 2.30 bits per heavy atom. The first-order valence-electron chi connectivity index (χ1n) is 6.65. The first-order valence-corrected chi connectivity index (χ1v) is 7.81. The number of hydrogen-bond acceptors (Lipinski definition) is 3. The van der Waals surface area contributed by atoms with E-state index in [2.05, 4.69) is 6.92 Å². The molecule has 0 aliphatic rings. The number of carboxylic acid groups (broad SMARTS) is 1. The van der Waals surface area contributed by atoms with Crippen LogP contribution < -0.4 is 0 Å². The van der Waals surface area contributed by atoms with E-state index in [1.54, 1.807) is 24.1 Å². The number of aromatic carboxylic acids is 1. The van der Waals surface area contributed by atoms with E-state index in [0.717, 1.165) is 17.9 Å². The highest BCUT2D eigenvalue weighted by Crippen LogP contribution is 2.13. The van der Waals surface area contributed by atoms with Gasteiger partial charge in [-0.1, -0.05) is 6.92 Å². The van der Waals surface area contributed by atoms with Gasteiger partial charge in [0.05, 0.1) is 5.56 Å². The zero-order chi connectivity index (χ0) is 15.1. The van der Waals surface area contributed by atoms with Gasteiger partial charge in [0.1, 0.15) is 0 Å². The second-order valence-electron chi connectivity index (χ2n) is 4.63. The third-order valence-electron chi connectivity index (χ3n) is 3.24. The summed E-state index contributed by atoms with van der Waals surface area (Å²) in [5.41, 5.74) is 0.712. The zero-order valence-electron chi connectivity index (χ0n) is 12.1. The Bertz CT molecular complexity index is 459. The van der Waals surface area contributed by atoms with E-state index >= 15 is 0 Å². The fraction of sp³-hybridized carbons (Fsp3) is 0.467. The van der Waals surface area contributed by atoms with Crippen LogP contribution in [0, 0.1) is 0 Å². The predicted octanol–water partition coefficient (Wildman–Crippen LogP) is 2.99. The van der Waals surface area contributed by atoms with Crippen LogP contribution in [0.2, 0.25) is 0 Å². The third kappa shape index (κ3) is 4.56. The van der Waals surface area contributed by atoms with Crippen LogP contribution in [0.3, 0.4) is 0 Å². The van der Waals surface area contributed by atoms with Crippen molar-refractivity contribution in [3.8, 4) is 0 Å².